The molecule has 0 aliphatic heterocycles. The first-order valence-corrected chi connectivity index (χ1v) is 6.20. The minimum Gasteiger partial charge on any atom is -0.481 e. The van der Waals surface area contributed by atoms with Crippen molar-refractivity contribution in [3.8, 4) is 5.88 Å². The largest absolute Gasteiger partial charge is 0.481 e. The van der Waals surface area contributed by atoms with Gasteiger partial charge in [0.1, 0.15) is 0 Å². The van der Waals surface area contributed by atoms with Crippen LogP contribution in [-0.4, -0.2) is 12.1 Å². The van der Waals surface area contributed by atoms with Crippen LogP contribution in [0, 0.1) is 0 Å². The lowest BCUT2D eigenvalue weighted by molar-refractivity contribution is 0.397. The maximum Gasteiger partial charge on any atom is 0.212 e. The van der Waals surface area contributed by atoms with E-state index < -0.39 is 0 Å². The van der Waals surface area contributed by atoms with Crippen molar-refractivity contribution in [1.29, 1.82) is 0 Å². The molecule has 2 rings (SSSR count). The van der Waals surface area contributed by atoms with Crippen LogP contribution >= 0.6 is 11.3 Å². The van der Waals surface area contributed by atoms with Gasteiger partial charge in [-0.25, -0.2) is 4.98 Å². The average molecular weight is 249 g/mol. The van der Waals surface area contributed by atoms with E-state index in [0.717, 1.165) is 12.0 Å². The summed E-state index contributed by atoms with van der Waals surface area (Å²) >= 11 is 1.69. The monoisotopic (exact) mass is 249 g/mol. The number of nitrogens with one attached hydrogen (secondary N) is 1. The topological polar surface area (TPSA) is 60.2 Å². The van der Waals surface area contributed by atoms with Gasteiger partial charge < -0.3 is 4.74 Å². The third kappa shape index (κ3) is 3.03. The lowest BCUT2D eigenvalue weighted by Crippen LogP contribution is -2.28. The maximum absolute atomic E-state index is 5.58. The van der Waals surface area contributed by atoms with E-state index in [4.69, 9.17) is 10.6 Å². The Morgan fingerprint density at radius 2 is 2.35 bits per heavy atom. The predicted molar refractivity (Wildman–Crippen MR) is 68.9 cm³/mol. The number of aromatic nitrogens is 1. The molecule has 3 N–H and O–H groups in total. The quantitative estimate of drug-likeness (QED) is 0.627. The molecule has 90 valence electrons. The molecule has 5 heteroatoms. The molecule has 2 aromatic rings. The van der Waals surface area contributed by atoms with Crippen LogP contribution in [-0.2, 0) is 6.42 Å². The van der Waals surface area contributed by atoms with Gasteiger partial charge in [0, 0.05) is 17.1 Å². The van der Waals surface area contributed by atoms with E-state index in [1.807, 2.05) is 29.8 Å². The highest BCUT2D eigenvalue weighted by Crippen LogP contribution is 2.22. The molecule has 0 amide bonds. The zero-order valence-corrected chi connectivity index (χ0v) is 10.4. The Bertz CT molecular complexity index is 441. The SMILES string of the molecule is COc1ccc(CC(NN)c2cccs2)cn1. The van der Waals surface area contributed by atoms with Crippen molar-refractivity contribution < 1.29 is 4.74 Å². The lowest BCUT2D eigenvalue weighted by atomic mass is 10.1. The Morgan fingerprint density at radius 1 is 1.47 bits per heavy atom. The minimum absolute atomic E-state index is 0.130. The molecule has 1 unspecified atom stereocenters. The van der Waals surface area contributed by atoms with Gasteiger partial charge >= 0.3 is 0 Å². The zero-order chi connectivity index (χ0) is 12.1. The minimum atomic E-state index is 0.130. The molecule has 2 aromatic heterocycles. The number of hydrogen-bond donors (Lipinski definition) is 2. The fourth-order valence-corrected chi connectivity index (χ4v) is 2.41. The number of hydrogen-bond acceptors (Lipinski definition) is 5. The standard InChI is InChI=1S/C12H15N3OS/c1-16-12-5-4-9(8-14-12)7-10(15-13)11-3-2-6-17-11/h2-6,8,10,15H,7,13H2,1H3. The number of nitrogens with zero attached hydrogens (tertiary/aromatic N) is 1. The Kier molecular flexibility index (Phi) is 4.08. The summed E-state index contributed by atoms with van der Waals surface area (Å²) < 4.78 is 5.02. The summed E-state index contributed by atoms with van der Waals surface area (Å²) in [5, 5.41) is 2.05. The summed E-state index contributed by atoms with van der Waals surface area (Å²) in [6, 6.07) is 8.09. The van der Waals surface area contributed by atoms with Crippen molar-refractivity contribution in [2.75, 3.05) is 7.11 Å². The third-order valence-electron chi connectivity index (χ3n) is 2.53. The average Bonchev–Trinajstić information content (AvgIpc) is 2.90. The van der Waals surface area contributed by atoms with Gasteiger partial charge in [0.05, 0.1) is 13.2 Å². The van der Waals surface area contributed by atoms with Crippen molar-refractivity contribution in [2.45, 2.75) is 12.5 Å². The Hall–Kier alpha value is -1.43. The van der Waals surface area contributed by atoms with Crippen molar-refractivity contribution >= 4 is 11.3 Å². The summed E-state index contributed by atoms with van der Waals surface area (Å²) in [6.45, 7) is 0. The third-order valence-corrected chi connectivity index (χ3v) is 3.52. The molecular weight excluding hydrogens is 234 g/mol. The van der Waals surface area contributed by atoms with Gasteiger partial charge in [-0.1, -0.05) is 12.1 Å². The number of hydrazine groups is 1. The fourth-order valence-electron chi connectivity index (χ4n) is 1.62. The number of nitrogens with two attached hydrogens (primary N) is 1. The van der Waals surface area contributed by atoms with Crippen LogP contribution in [0.25, 0.3) is 0 Å². The maximum atomic E-state index is 5.58. The number of thiophene rings is 1. The second kappa shape index (κ2) is 5.77. The first-order valence-electron chi connectivity index (χ1n) is 5.32. The van der Waals surface area contributed by atoms with Crippen molar-refractivity contribution in [1.82, 2.24) is 10.4 Å². The second-order valence-electron chi connectivity index (χ2n) is 3.65. The first-order chi connectivity index (χ1) is 8.33. The summed E-state index contributed by atoms with van der Waals surface area (Å²) in [7, 11) is 1.61. The van der Waals surface area contributed by atoms with Crippen LogP contribution in [0.2, 0.25) is 0 Å². The van der Waals surface area contributed by atoms with Gasteiger partial charge in [-0.05, 0) is 23.4 Å². The normalized spacial score (nSPS) is 12.4. The Balaban J connectivity index is 2.07. The highest BCUT2D eigenvalue weighted by molar-refractivity contribution is 7.10. The molecule has 0 saturated heterocycles. The summed E-state index contributed by atoms with van der Waals surface area (Å²) in [5.74, 6) is 6.21. The van der Waals surface area contributed by atoms with Crippen LogP contribution in [0.3, 0.4) is 0 Å². The van der Waals surface area contributed by atoms with E-state index in [0.29, 0.717) is 5.88 Å². The molecule has 0 aromatic carbocycles. The van der Waals surface area contributed by atoms with Gasteiger partial charge in [-0.3, -0.25) is 11.3 Å². The van der Waals surface area contributed by atoms with Gasteiger partial charge in [0.25, 0.3) is 0 Å². The summed E-state index contributed by atoms with van der Waals surface area (Å²) in [6.07, 6.45) is 2.63. The van der Waals surface area contributed by atoms with E-state index in [9.17, 15) is 0 Å². The molecule has 17 heavy (non-hydrogen) atoms. The molecule has 0 spiro atoms. The van der Waals surface area contributed by atoms with E-state index in [1.165, 1.54) is 4.88 Å². The van der Waals surface area contributed by atoms with Gasteiger partial charge in [0.15, 0.2) is 0 Å². The highest BCUT2D eigenvalue weighted by atomic mass is 32.1. The summed E-state index contributed by atoms with van der Waals surface area (Å²) in [5.41, 5.74) is 3.96. The van der Waals surface area contributed by atoms with Crippen LogP contribution in [0.15, 0.2) is 35.8 Å². The van der Waals surface area contributed by atoms with E-state index in [1.54, 1.807) is 18.4 Å². The molecular formula is C12H15N3OS. The van der Waals surface area contributed by atoms with E-state index >= 15 is 0 Å². The van der Waals surface area contributed by atoms with Crippen LogP contribution < -0.4 is 16.0 Å². The molecule has 2 heterocycles. The molecule has 0 saturated carbocycles. The second-order valence-corrected chi connectivity index (χ2v) is 4.63. The van der Waals surface area contributed by atoms with E-state index in [2.05, 4.69) is 16.5 Å². The summed E-state index contributed by atoms with van der Waals surface area (Å²) in [4.78, 5) is 5.40. The van der Waals surface area contributed by atoms with E-state index in [-0.39, 0.29) is 6.04 Å². The predicted octanol–water partition coefficient (Wildman–Crippen LogP) is 1.90. The first kappa shape index (κ1) is 12.0. The van der Waals surface area contributed by atoms with Gasteiger partial charge in [-0.2, -0.15) is 0 Å². The van der Waals surface area contributed by atoms with Crippen molar-refractivity contribution in [3.63, 3.8) is 0 Å². The Labute approximate surface area is 104 Å². The van der Waals surface area contributed by atoms with Crippen molar-refractivity contribution in [3.05, 3.63) is 46.3 Å². The molecule has 4 nitrogen and oxygen atoms in total. The smallest absolute Gasteiger partial charge is 0.212 e. The Morgan fingerprint density at radius 3 is 2.88 bits per heavy atom. The number of ether oxygens (including phenoxy) is 1. The molecule has 0 radical (unpaired) electrons. The zero-order valence-electron chi connectivity index (χ0n) is 9.59. The molecule has 1 atom stereocenters. The molecule has 0 aliphatic rings. The number of rotatable bonds is 5. The van der Waals surface area contributed by atoms with Crippen LogP contribution in [0.4, 0.5) is 0 Å². The van der Waals surface area contributed by atoms with Crippen molar-refractivity contribution in [2.24, 2.45) is 5.84 Å². The number of methoxy groups -OCH3 is 1. The molecule has 0 aliphatic carbocycles. The fraction of sp³-hybridized carbons (Fsp3) is 0.250. The van der Waals surface area contributed by atoms with Crippen LogP contribution in [0.1, 0.15) is 16.5 Å². The molecule has 0 bridgehead atoms. The highest BCUT2D eigenvalue weighted by Gasteiger charge is 2.11. The lowest BCUT2D eigenvalue weighted by Gasteiger charge is -2.14. The molecule has 0 fully saturated rings. The van der Waals surface area contributed by atoms with Gasteiger partial charge in [0.2, 0.25) is 5.88 Å². The van der Waals surface area contributed by atoms with Gasteiger partial charge in [-0.15, -0.1) is 11.3 Å². The van der Waals surface area contributed by atoms with Crippen LogP contribution in [0.5, 0.6) is 5.88 Å². The number of pyridine rings is 1.